The topological polar surface area (TPSA) is 37.3 Å². The molecule has 0 aromatic heterocycles. The van der Waals surface area contributed by atoms with E-state index < -0.39 is 5.97 Å². The van der Waals surface area contributed by atoms with Crippen molar-refractivity contribution in [3.63, 3.8) is 0 Å². The molecule has 0 aliphatic carbocycles. The first-order valence-electron chi connectivity index (χ1n) is 2.41. The number of carboxylic acid groups (broad SMARTS) is 1. The number of hydrogen-bond donors (Lipinski definition) is 1. The molecule has 0 radical (unpaired) electrons. The average molecular weight is 110 g/mol. The number of carbonyl (C=O) groups is 1. The molecule has 0 bridgehead atoms. The third-order valence-corrected chi connectivity index (χ3v) is 1.03. The maximum atomic E-state index is 9.93. The third kappa shape index (κ3) is 4.23. The van der Waals surface area contributed by atoms with E-state index in [1.54, 1.807) is 6.92 Å². The van der Waals surface area contributed by atoms with Gasteiger partial charge in [0.25, 0.3) is 0 Å². The normalized spacial score (nSPS) is 11.8. The molecule has 0 saturated carbocycles. The number of rotatable bonds is 2. The first-order chi connectivity index (χ1) is 3.18. The zero-order valence-corrected chi connectivity index (χ0v) is 4.64. The fraction of sp³-hybridized carbons (Fsp3) is 0.800. The molecule has 0 aliphatic rings. The third-order valence-electron chi connectivity index (χ3n) is 1.03. The molecule has 3 heteroatoms. The van der Waals surface area contributed by atoms with Crippen LogP contribution in [0.15, 0.2) is 0 Å². The van der Waals surface area contributed by atoms with E-state index in [0.717, 1.165) is 6.42 Å². The Morgan fingerprint density at radius 2 is 2.12 bits per heavy atom. The predicted octanol–water partition coefficient (Wildman–Crippen LogP) is 0.469. The van der Waals surface area contributed by atoms with Crippen molar-refractivity contribution in [2.75, 3.05) is 0 Å². The first kappa shape index (κ1) is 10.9. The molecule has 0 aliphatic heterocycles. The molecule has 1 unspecified atom stereocenters. The van der Waals surface area contributed by atoms with E-state index in [1.165, 1.54) is 0 Å². The van der Waals surface area contributed by atoms with Crippen molar-refractivity contribution in [2.45, 2.75) is 20.3 Å². The average Bonchev–Trinajstić information content (AvgIpc) is 1.65. The Morgan fingerprint density at radius 3 is 2.12 bits per heavy atom. The van der Waals surface area contributed by atoms with Gasteiger partial charge in [0.05, 0.1) is 5.92 Å². The van der Waals surface area contributed by atoms with Crippen LogP contribution in [-0.2, 0) is 4.79 Å². The molecular weight excluding hydrogens is 99.0 g/mol. The van der Waals surface area contributed by atoms with Crippen LogP contribution in [0.4, 0.5) is 0 Å². The number of aliphatic carboxylic acids is 1. The fourth-order valence-corrected chi connectivity index (χ4v) is 0.175. The van der Waals surface area contributed by atoms with Gasteiger partial charge in [-0.15, -0.1) is 0 Å². The molecule has 0 rings (SSSR count). The molecule has 0 aromatic rings. The van der Waals surface area contributed by atoms with E-state index in [-0.39, 0.29) is 24.8 Å². The second kappa shape index (κ2) is 5.21. The summed E-state index contributed by atoms with van der Waals surface area (Å²) in [5, 5.41) is 8.18. The molecule has 44 valence electrons. The van der Waals surface area contributed by atoms with Gasteiger partial charge in [-0.3, -0.25) is 4.79 Å². The summed E-state index contributed by atoms with van der Waals surface area (Å²) in [6.45, 7) is 3.56. The summed E-state index contributed by atoms with van der Waals surface area (Å²) >= 11 is 0. The molecule has 0 spiro atoms. The van der Waals surface area contributed by atoms with Crippen LogP contribution in [0, 0.1) is 5.92 Å². The molecule has 0 fully saturated rings. The van der Waals surface area contributed by atoms with Gasteiger partial charge in [0.15, 0.2) is 0 Å². The van der Waals surface area contributed by atoms with Gasteiger partial charge in [-0.1, -0.05) is 13.8 Å². The van der Waals surface area contributed by atoms with Crippen LogP contribution >= 0.6 is 0 Å². The molecular formula is C5H11LiO2. The number of hydrogen-bond acceptors (Lipinski definition) is 1. The molecule has 0 heterocycles. The van der Waals surface area contributed by atoms with Gasteiger partial charge in [0.1, 0.15) is 0 Å². The van der Waals surface area contributed by atoms with Gasteiger partial charge in [0.2, 0.25) is 0 Å². The van der Waals surface area contributed by atoms with E-state index in [4.69, 9.17) is 5.11 Å². The summed E-state index contributed by atoms with van der Waals surface area (Å²) in [5.74, 6) is -0.887. The molecule has 0 aromatic carbocycles. The Bertz CT molecular complexity index is 72.8. The van der Waals surface area contributed by atoms with Gasteiger partial charge in [-0.25, -0.2) is 0 Å². The second-order valence-corrected chi connectivity index (χ2v) is 1.65. The second-order valence-electron chi connectivity index (χ2n) is 1.65. The summed E-state index contributed by atoms with van der Waals surface area (Å²) < 4.78 is 0. The standard InChI is InChI=1S/C5H10O2.Li.H/c1-3-4(2)5(6)7;;/h4H,3H2,1-2H3,(H,6,7);;. The maximum absolute atomic E-state index is 9.93. The van der Waals surface area contributed by atoms with Crippen LogP contribution in [0.1, 0.15) is 20.3 Å². The van der Waals surface area contributed by atoms with E-state index in [9.17, 15) is 4.79 Å². The van der Waals surface area contributed by atoms with Crippen LogP contribution < -0.4 is 0 Å². The summed E-state index contributed by atoms with van der Waals surface area (Å²) in [6.07, 6.45) is 0.718. The van der Waals surface area contributed by atoms with Crippen molar-refractivity contribution < 1.29 is 9.90 Å². The van der Waals surface area contributed by atoms with Crippen LogP contribution in [0.2, 0.25) is 0 Å². The van der Waals surface area contributed by atoms with Crippen molar-refractivity contribution >= 4 is 24.8 Å². The van der Waals surface area contributed by atoms with E-state index in [2.05, 4.69) is 0 Å². The molecule has 1 atom stereocenters. The molecule has 1 N–H and O–H groups in total. The first-order valence-corrected chi connectivity index (χ1v) is 2.41. The van der Waals surface area contributed by atoms with Crippen LogP contribution in [0.3, 0.4) is 0 Å². The molecule has 0 saturated heterocycles. The molecule has 8 heavy (non-hydrogen) atoms. The van der Waals surface area contributed by atoms with Crippen molar-refractivity contribution in [1.82, 2.24) is 0 Å². The zero-order chi connectivity index (χ0) is 5.86. The number of carboxylic acids is 1. The zero-order valence-electron chi connectivity index (χ0n) is 4.64. The summed E-state index contributed by atoms with van der Waals surface area (Å²) in [4.78, 5) is 9.93. The SMILES string of the molecule is CCC(C)C(=O)O.[LiH]. The van der Waals surface area contributed by atoms with Gasteiger partial charge >= 0.3 is 24.8 Å². The van der Waals surface area contributed by atoms with Gasteiger partial charge < -0.3 is 5.11 Å². The van der Waals surface area contributed by atoms with Crippen LogP contribution in [0.5, 0.6) is 0 Å². The van der Waals surface area contributed by atoms with Crippen molar-refractivity contribution in [3.8, 4) is 0 Å². The Kier molecular flexibility index (Phi) is 7.13. The predicted molar refractivity (Wildman–Crippen MR) is 34.2 cm³/mol. The fourth-order valence-electron chi connectivity index (χ4n) is 0.175. The van der Waals surface area contributed by atoms with Gasteiger partial charge in [0, 0.05) is 0 Å². The Balaban J connectivity index is 0. The Labute approximate surface area is 61.5 Å². The monoisotopic (exact) mass is 110 g/mol. The Hall–Kier alpha value is 0.0674. The quantitative estimate of drug-likeness (QED) is 0.524. The molecule has 0 amide bonds. The van der Waals surface area contributed by atoms with Gasteiger partial charge in [-0.2, -0.15) is 0 Å². The van der Waals surface area contributed by atoms with E-state index in [0.29, 0.717) is 0 Å². The van der Waals surface area contributed by atoms with Crippen LogP contribution in [0.25, 0.3) is 0 Å². The van der Waals surface area contributed by atoms with Gasteiger partial charge in [-0.05, 0) is 6.42 Å². The molecule has 2 nitrogen and oxygen atoms in total. The van der Waals surface area contributed by atoms with Crippen molar-refractivity contribution in [2.24, 2.45) is 5.92 Å². The van der Waals surface area contributed by atoms with Crippen molar-refractivity contribution in [3.05, 3.63) is 0 Å². The summed E-state index contributed by atoms with van der Waals surface area (Å²) in [7, 11) is 0. The Morgan fingerprint density at radius 1 is 1.75 bits per heavy atom. The van der Waals surface area contributed by atoms with E-state index >= 15 is 0 Å². The minimum absolute atomic E-state index is 0. The van der Waals surface area contributed by atoms with Crippen molar-refractivity contribution in [1.29, 1.82) is 0 Å². The minimum atomic E-state index is -0.706. The summed E-state index contributed by atoms with van der Waals surface area (Å²) in [5.41, 5.74) is 0. The van der Waals surface area contributed by atoms with E-state index in [1.807, 2.05) is 6.92 Å². The van der Waals surface area contributed by atoms with Crippen LogP contribution in [-0.4, -0.2) is 29.9 Å². The summed E-state index contributed by atoms with van der Waals surface area (Å²) in [6, 6.07) is 0.